The smallest absolute Gasteiger partial charge is 1.00 e. The van der Waals surface area contributed by atoms with Gasteiger partial charge in [-0.15, -0.1) is 0 Å². The van der Waals surface area contributed by atoms with Crippen molar-refractivity contribution in [1.82, 2.24) is 0 Å². The molecular weight excluding hydrogens is 652 g/mol. The van der Waals surface area contributed by atoms with Crippen LogP contribution in [0.5, 0.6) is 0 Å². The summed E-state index contributed by atoms with van der Waals surface area (Å²) in [5.74, 6) is 0. The first kappa shape index (κ1) is 20.3. The molecule has 0 fully saturated rings. The van der Waals surface area contributed by atoms with Gasteiger partial charge in [-0.2, -0.15) is 0 Å². The molecule has 97 valence electrons. The minimum atomic E-state index is -0.530. The SMILES string of the molecule is C1=C[CH]([Zr+3][c]2ccccc2)c2ccccc21.[I-].[I-].[I-]. The Balaban J connectivity index is 0.00000108. The van der Waals surface area contributed by atoms with Crippen molar-refractivity contribution >= 4 is 9.35 Å². The molecule has 2 aromatic carbocycles. The van der Waals surface area contributed by atoms with Gasteiger partial charge in [-0.25, -0.2) is 0 Å². The molecule has 0 aliphatic heterocycles. The van der Waals surface area contributed by atoms with Crippen molar-refractivity contribution < 1.29 is 95.2 Å². The zero-order chi connectivity index (χ0) is 10.8. The molecule has 0 bridgehead atoms. The fourth-order valence-corrected chi connectivity index (χ4v) is 5.42. The second-order valence-electron chi connectivity index (χ2n) is 3.98. The molecule has 1 aliphatic carbocycles. The third-order valence-electron chi connectivity index (χ3n) is 2.90. The van der Waals surface area contributed by atoms with Crippen molar-refractivity contribution in [3.8, 4) is 0 Å². The number of halogens is 3. The standard InChI is InChI=1S/C9H7.C6H5.3HI.Zr/c1-2-5-9-7-3-6-8(9)4-1;1-2-4-6-5-3-1;;;;/h1-7H;1-5H;3*1H;/q;;;;;+3/p-3. The molecule has 0 radical (unpaired) electrons. The molecule has 19 heavy (non-hydrogen) atoms. The van der Waals surface area contributed by atoms with Gasteiger partial charge in [0.1, 0.15) is 0 Å². The number of benzene rings is 2. The van der Waals surface area contributed by atoms with E-state index in [2.05, 4.69) is 66.7 Å². The summed E-state index contributed by atoms with van der Waals surface area (Å²) in [4.78, 5) is 0. The molecule has 4 heteroatoms. The predicted molar refractivity (Wildman–Crippen MR) is 64.3 cm³/mol. The first-order chi connectivity index (χ1) is 7.93. The Morgan fingerprint density at radius 3 is 2.11 bits per heavy atom. The summed E-state index contributed by atoms with van der Waals surface area (Å²) in [5.41, 5.74) is 2.96. The van der Waals surface area contributed by atoms with Gasteiger partial charge < -0.3 is 71.9 Å². The minimum absolute atomic E-state index is 0. The molecule has 0 saturated carbocycles. The summed E-state index contributed by atoms with van der Waals surface area (Å²) in [6.07, 6.45) is 4.67. The van der Waals surface area contributed by atoms with Crippen molar-refractivity contribution in [3.05, 3.63) is 71.8 Å². The van der Waals surface area contributed by atoms with Crippen LogP contribution in [0.4, 0.5) is 0 Å². The van der Waals surface area contributed by atoms with Gasteiger partial charge >= 0.3 is 108 Å². The molecular formula is C15H12I3Zr. The van der Waals surface area contributed by atoms with Gasteiger partial charge in [0, 0.05) is 0 Å². The van der Waals surface area contributed by atoms with Crippen LogP contribution in [0.1, 0.15) is 14.8 Å². The summed E-state index contributed by atoms with van der Waals surface area (Å²) >= 11 is -0.530. The molecule has 1 unspecified atom stereocenters. The quantitative estimate of drug-likeness (QED) is 0.281. The molecule has 0 spiro atoms. The van der Waals surface area contributed by atoms with E-state index in [0.717, 1.165) is 3.63 Å². The normalized spacial score (nSPS) is 14.2. The van der Waals surface area contributed by atoms with Gasteiger partial charge in [-0.1, -0.05) is 0 Å². The van der Waals surface area contributed by atoms with E-state index < -0.39 is 23.2 Å². The summed E-state index contributed by atoms with van der Waals surface area (Å²) in [5, 5.41) is 0. The van der Waals surface area contributed by atoms with E-state index in [9.17, 15) is 0 Å². The van der Waals surface area contributed by atoms with Gasteiger partial charge in [0.15, 0.2) is 0 Å². The van der Waals surface area contributed by atoms with Crippen LogP contribution in [-0.2, 0) is 23.2 Å². The second kappa shape index (κ2) is 10.1. The Kier molecular flexibility index (Phi) is 10.7. The van der Waals surface area contributed by atoms with Gasteiger partial charge in [0.05, 0.1) is 0 Å². The molecule has 0 N–H and O–H groups in total. The van der Waals surface area contributed by atoms with E-state index in [1.165, 1.54) is 11.1 Å². The predicted octanol–water partition coefficient (Wildman–Crippen LogP) is -5.83. The Morgan fingerprint density at radius 2 is 1.37 bits per heavy atom. The van der Waals surface area contributed by atoms with Crippen molar-refractivity contribution in [2.45, 2.75) is 3.63 Å². The molecule has 0 saturated heterocycles. The summed E-state index contributed by atoms with van der Waals surface area (Å²) in [6.45, 7) is 0. The fraction of sp³-hybridized carbons (Fsp3) is 0.0667. The van der Waals surface area contributed by atoms with Crippen molar-refractivity contribution in [2.24, 2.45) is 0 Å². The number of fused-ring (bicyclic) bond motifs is 1. The Hall–Kier alpha value is 1.25. The van der Waals surface area contributed by atoms with E-state index in [1.807, 2.05) is 0 Å². The monoisotopic (exact) mass is 663 g/mol. The Bertz CT molecular complexity index is 526. The third-order valence-corrected chi connectivity index (χ3v) is 6.54. The van der Waals surface area contributed by atoms with Crippen LogP contribution in [0.3, 0.4) is 0 Å². The molecule has 1 atom stereocenters. The maximum absolute atomic E-state index is 2.39. The molecule has 0 nitrogen and oxygen atoms in total. The van der Waals surface area contributed by atoms with E-state index >= 15 is 0 Å². The van der Waals surface area contributed by atoms with Gasteiger partial charge in [-0.05, 0) is 0 Å². The van der Waals surface area contributed by atoms with Gasteiger partial charge in [0.25, 0.3) is 0 Å². The Morgan fingerprint density at radius 1 is 0.737 bits per heavy atom. The zero-order valence-electron chi connectivity index (χ0n) is 10.1. The van der Waals surface area contributed by atoms with Crippen molar-refractivity contribution in [1.29, 1.82) is 0 Å². The van der Waals surface area contributed by atoms with E-state index in [4.69, 9.17) is 0 Å². The minimum Gasteiger partial charge on any atom is -1.00 e. The number of rotatable bonds is 2. The largest absolute Gasteiger partial charge is 1.00 e. The van der Waals surface area contributed by atoms with Crippen molar-refractivity contribution in [3.63, 3.8) is 0 Å². The van der Waals surface area contributed by atoms with Crippen molar-refractivity contribution in [2.75, 3.05) is 0 Å². The fourth-order valence-electron chi connectivity index (χ4n) is 2.09. The number of hydrogen-bond donors (Lipinski definition) is 0. The van der Waals surface area contributed by atoms with Crippen LogP contribution in [-0.4, -0.2) is 0 Å². The average Bonchev–Trinajstić information content (AvgIpc) is 2.74. The van der Waals surface area contributed by atoms with Crippen LogP contribution in [0, 0.1) is 0 Å². The maximum Gasteiger partial charge on any atom is -1.00 e. The zero-order valence-corrected chi connectivity index (χ0v) is 19.0. The maximum atomic E-state index is 2.39. The first-order valence-corrected chi connectivity index (χ1v) is 8.17. The first-order valence-electron chi connectivity index (χ1n) is 5.52. The number of hydrogen-bond acceptors (Lipinski definition) is 0. The summed E-state index contributed by atoms with van der Waals surface area (Å²) in [7, 11) is 0. The molecule has 2 aromatic rings. The third kappa shape index (κ3) is 5.18. The van der Waals surface area contributed by atoms with Crippen LogP contribution in [0.2, 0.25) is 0 Å². The Labute approximate surface area is 177 Å². The molecule has 0 aromatic heterocycles. The second-order valence-corrected chi connectivity index (χ2v) is 7.63. The number of allylic oxidation sites excluding steroid dienone is 1. The van der Waals surface area contributed by atoms with Crippen LogP contribution >= 0.6 is 0 Å². The molecule has 0 heterocycles. The summed E-state index contributed by atoms with van der Waals surface area (Å²) < 4.78 is 2.31. The van der Waals surface area contributed by atoms with E-state index in [0.29, 0.717) is 0 Å². The molecule has 3 rings (SSSR count). The summed E-state index contributed by atoms with van der Waals surface area (Å²) in [6, 6.07) is 19.7. The van der Waals surface area contributed by atoms with E-state index in [1.54, 1.807) is 3.27 Å². The van der Waals surface area contributed by atoms with E-state index in [-0.39, 0.29) is 71.9 Å². The van der Waals surface area contributed by atoms with Gasteiger partial charge in [0.2, 0.25) is 0 Å². The van der Waals surface area contributed by atoms with Crippen LogP contribution in [0.15, 0.2) is 60.7 Å². The van der Waals surface area contributed by atoms with Gasteiger partial charge in [-0.3, -0.25) is 0 Å². The molecule has 1 aliphatic rings. The van der Waals surface area contributed by atoms with Crippen LogP contribution < -0.4 is 75.2 Å². The average molecular weight is 664 g/mol. The molecule has 0 amide bonds. The van der Waals surface area contributed by atoms with Crippen LogP contribution in [0.25, 0.3) is 6.08 Å². The topological polar surface area (TPSA) is 0 Å².